The third kappa shape index (κ3) is 4.43. The monoisotopic (exact) mass is 330 g/mol. The molecule has 0 aromatic heterocycles. The van der Waals surface area contributed by atoms with Gasteiger partial charge in [0.2, 0.25) is 5.91 Å². The molecule has 1 atom stereocenters. The second-order valence-corrected chi connectivity index (χ2v) is 8.38. The van der Waals surface area contributed by atoms with Crippen LogP contribution >= 0.6 is 11.6 Å². The number of amides is 1. The number of rotatable bonds is 4. The molecule has 0 bridgehead atoms. The molecule has 21 heavy (non-hydrogen) atoms. The third-order valence-electron chi connectivity index (χ3n) is 3.58. The van der Waals surface area contributed by atoms with Crippen LogP contribution in [0.25, 0.3) is 0 Å². The van der Waals surface area contributed by atoms with Gasteiger partial charge in [-0.2, -0.15) is 0 Å². The van der Waals surface area contributed by atoms with Crippen LogP contribution in [0.4, 0.5) is 5.69 Å². The summed E-state index contributed by atoms with van der Waals surface area (Å²) in [6, 6.07) is 5.38. The fourth-order valence-electron chi connectivity index (χ4n) is 2.36. The van der Waals surface area contributed by atoms with E-state index in [1.165, 1.54) is 0 Å². The lowest BCUT2D eigenvalue weighted by molar-refractivity contribution is -0.115. The number of halogens is 1. The Morgan fingerprint density at radius 3 is 2.71 bits per heavy atom. The van der Waals surface area contributed by atoms with Crippen molar-refractivity contribution < 1.29 is 13.2 Å². The zero-order chi connectivity index (χ0) is 15.7. The summed E-state index contributed by atoms with van der Waals surface area (Å²) in [5, 5.41) is 6.23. The summed E-state index contributed by atoms with van der Waals surface area (Å²) in [7, 11) is -2.99. The highest BCUT2D eigenvalue weighted by atomic mass is 35.5. The first-order valence-corrected chi connectivity index (χ1v) is 8.91. The van der Waals surface area contributed by atoms with Crippen LogP contribution in [0.15, 0.2) is 18.2 Å². The molecule has 1 aromatic rings. The predicted molar refractivity (Wildman–Crippen MR) is 84.5 cm³/mol. The van der Waals surface area contributed by atoms with Gasteiger partial charge < -0.3 is 10.6 Å². The van der Waals surface area contributed by atoms with E-state index in [1.54, 1.807) is 12.1 Å². The van der Waals surface area contributed by atoms with Crippen molar-refractivity contribution in [2.45, 2.75) is 25.8 Å². The van der Waals surface area contributed by atoms with Crippen molar-refractivity contribution in [2.24, 2.45) is 0 Å². The van der Waals surface area contributed by atoms with Crippen LogP contribution in [-0.4, -0.2) is 37.9 Å². The van der Waals surface area contributed by atoms with E-state index in [-0.39, 0.29) is 24.0 Å². The maximum atomic E-state index is 11.9. The number of sulfone groups is 1. The standard InChI is InChI=1S/C14H19ClN2O3S/c1-10-3-4-12(11(15)7-10)17-13(18)8-16-14(2)5-6-21(19,20)9-14/h3-4,7,16H,5-6,8-9H2,1-2H3,(H,17,18). The lowest BCUT2D eigenvalue weighted by atomic mass is 10.0. The van der Waals surface area contributed by atoms with Crippen LogP contribution in [0, 0.1) is 6.92 Å². The smallest absolute Gasteiger partial charge is 0.238 e. The second-order valence-electron chi connectivity index (χ2n) is 5.79. The van der Waals surface area contributed by atoms with Crippen LogP contribution in [0.2, 0.25) is 5.02 Å². The molecular formula is C14H19ClN2O3S. The van der Waals surface area contributed by atoms with Gasteiger partial charge >= 0.3 is 0 Å². The van der Waals surface area contributed by atoms with E-state index in [2.05, 4.69) is 10.6 Å². The molecule has 7 heteroatoms. The molecule has 2 N–H and O–H groups in total. The summed E-state index contributed by atoms with van der Waals surface area (Å²) >= 11 is 6.05. The van der Waals surface area contributed by atoms with Crippen molar-refractivity contribution in [3.8, 4) is 0 Å². The Hall–Kier alpha value is -1.11. The van der Waals surface area contributed by atoms with Gasteiger partial charge in [-0.25, -0.2) is 8.42 Å². The van der Waals surface area contributed by atoms with Crippen molar-refractivity contribution in [1.82, 2.24) is 5.32 Å². The molecule has 116 valence electrons. The Morgan fingerprint density at radius 1 is 1.43 bits per heavy atom. The lowest BCUT2D eigenvalue weighted by Gasteiger charge is -2.23. The van der Waals surface area contributed by atoms with Crippen molar-refractivity contribution in [3.63, 3.8) is 0 Å². The minimum Gasteiger partial charge on any atom is -0.324 e. The van der Waals surface area contributed by atoms with Gasteiger partial charge in [0.1, 0.15) is 0 Å². The highest BCUT2D eigenvalue weighted by molar-refractivity contribution is 7.91. The number of carbonyl (C=O) groups excluding carboxylic acids is 1. The normalized spacial score (nSPS) is 24.0. The summed E-state index contributed by atoms with van der Waals surface area (Å²) in [5.41, 5.74) is 1.03. The molecule has 2 rings (SSSR count). The average Bonchev–Trinajstić information content (AvgIpc) is 2.65. The van der Waals surface area contributed by atoms with Crippen LogP contribution in [-0.2, 0) is 14.6 Å². The number of anilines is 1. The number of benzene rings is 1. The Kier molecular flexibility index (Phi) is 4.60. The Balaban J connectivity index is 1.91. The fourth-order valence-corrected chi connectivity index (χ4v) is 4.76. The van der Waals surface area contributed by atoms with E-state index in [1.807, 2.05) is 19.9 Å². The van der Waals surface area contributed by atoms with E-state index < -0.39 is 15.4 Å². The molecule has 1 unspecified atom stereocenters. The molecule has 1 fully saturated rings. The largest absolute Gasteiger partial charge is 0.324 e. The minimum absolute atomic E-state index is 0.0518. The van der Waals surface area contributed by atoms with Gasteiger partial charge in [0.25, 0.3) is 0 Å². The summed E-state index contributed by atoms with van der Waals surface area (Å²) < 4.78 is 23.0. The number of nitrogens with one attached hydrogen (secondary N) is 2. The maximum absolute atomic E-state index is 11.9. The van der Waals surface area contributed by atoms with Gasteiger partial charge in [-0.3, -0.25) is 4.79 Å². The zero-order valence-electron chi connectivity index (χ0n) is 12.1. The van der Waals surface area contributed by atoms with Gasteiger partial charge in [-0.15, -0.1) is 0 Å². The van der Waals surface area contributed by atoms with Gasteiger partial charge in [0.05, 0.1) is 28.8 Å². The van der Waals surface area contributed by atoms with Crippen LogP contribution in [0.5, 0.6) is 0 Å². The summed E-state index contributed by atoms with van der Waals surface area (Å²) in [5.74, 6) is -0.00760. The number of hydrogen-bond donors (Lipinski definition) is 2. The van der Waals surface area contributed by atoms with Gasteiger partial charge in [0, 0.05) is 5.54 Å². The molecule has 0 saturated carbocycles. The Labute approximate surface area is 130 Å². The maximum Gasteiger partial charge on any atom is 0.238 e. The van der Waals surface area contributed by atoms with E-state index in [9.17, 15) is 13.2 Å². The van der Waals surface area contributed by atoms with Crippen LogP contribution < -0.4 is 10.6 Å². The van der Waals surface area contributed by atoms with Gasteiger partial charge in [0.15, 0.2) is 9.84 Å². The molecule has 1 aliphatic rings. The van der Waals surface area contributed by atoms with E-state index in [0.29, 0.717) is 17.1 Å². The molecule has 0 aliphatic carbocycles. The zero-order valence-corrected chi connectivity index (χ0v) is 13.6. The van der Waals surface area contributed by atoms with E-state index in [4.69, 9.17) is 11.6 Å². The molecule has 0 spiro atoms. The highest BCUT2D eigenvalue weighted by Gasteiger charge is 2.38. The topological polar surface area (TPSA) is 75.3 Å². The first-order valence-electron chi connectivity index (χ1n) is 6.71. The summed E-state index contributed by atoms with van der Waals surface area (Å²) in [6.07, 6.45) is 0.522. The number of hydrogen-bond acceptors (Lipinski definition) is 4. The summed E-state index contributed by atoms with van der Waals surface area (Å²) in [6.45, 7) is 3.79. The number of aryl methyl sites for hydroxylation is 1. The van der Waals surface area contributed by atoms with E-state index >= 15 is 0 Å². The third-order valence-corrected chi connectivity index (χ3v) is 5.79. The van der Waals surface area contributed by atoms with Crippen molar-refractivity contribution in [1.29, 1.82) is 0 Å². The lowest BCUT2D eigenvalue weighted by Crippen LogP contribution is -2.46. The van der Waals surface area contributed by atoms with Gasteiger partial charge in [-0.1, -0.05) is 17.7 Å². The van der Waals surface area contributed by atoms with Gasteiger partial charge in [-0.05, 0) is 38.0 Å². The summed E-state index contributed by atoms with van der Waals surface area (Å²) in [4.78, 5) is 11.9. The molecule has 1 aliphatic heterocycles. The molecule has 1 saturated heterocycles. The first-order chi connectivity index (χ1) is 9.69. The molecule has 1 heterocycles. The second kappa shape index (κ2) is 5.94. The Morgan fingerprint density at radius 2 is 2.14 bits per heavy atom. The highest BCUT2D eigenvalue weighted by Crippen LogP contribution is 2.24. The average molecular weight is 331 g/mol. The van der Waals surface area contributed by atoms with Crippen LogP contribution in [0.1, 0.15) is 18.9 Å². The molecule has 1 amide bonds. The molecule has 1 aromatic carbocycles. The SMILES string of the molecule is Cc1ccc(NC(=O)CNC2(C)CCS(=O)(=O)C2)c(Cl)c1. The van der Waals surface area contributed by atoms with Crippen molar-refractivity contribution >= 4 is 33.0 Å². The molecular weight excluding hydrogens is 312 g/mol. The van der Waals surface area contributed by atoms with E-state index in [0.717, 1.165) is 5.56 Å². The molecule has 5 nitrogen and oxygen atoms in total. The molecule has 0 radical (unpaired) electrons. The fraction of sp³-hybridized carbons (Fsp3) is 0.500. The quantitative estimate of drug-likeness (QED) is 0.882. The minimum atomic E-state index is -2.99. The predicted octanol–water partition coefficient (Wildman–Crippen LogP) is 1.75. The Bertz CT molecular complexity index is 660. The van der Waals surface area contributed by atoms with Crippen molar-refractivity contribution in [3.05, 3.63) is 28.8 Å². The first kappa shape index (κ1) is 16.3. The van der Waals surface area contributed by atoms with Crippen molar-refractivity contribution in [2.75, 3.05) is 23.4 Å². The number of carbonyl (C=O) groups is 1. The van der Waals surface area contributed by atoms with Crippen LogP contribution in [0.3, 0.4) is 0 Å².